The molecule has 0 amide bonds. The molecule has 0 aliphatic carbocycles. The Hall–Kier alpha value is -0.640. The molecule has 0 saturated carbocycles. The standard InChI is InChI=1S/C11H16ClN3/c1-9-7-15(6-5-13-9)8-10-3-2-4-14-11(10)12/h2-4,9,13H,5-8H2,1H3/t9-/m1/s1. The number of halogens is 1. The summed E-state index contributed by atoms with van der Waals surface area (Å²) >= 11 is 6.03. The van der Waals surface area contributed by atoms with Gasteiger partial charge in [-0.05, 0) is 13.0 Å². The zero-order chi connectivity index (χ0) is 10.7. The van der Waals surface area contributed by atoms with Gasteiger partial charge in [0.25, 0.3) is 0 Å². The maximum atomic E-state index is 6.03. The molecule has 1 atom stereocenters. The molecule has 1 fully saturated rings. The van der Waals surface area contributed by atoms with Crippen LogP contribution in [0.1, 0.15) is 12.5 Å². The lowest BCUT2D eigenvalue weighted by molar-refractivity contribution is 0.199. The summed E-state index contributed by atoms with van der Waals surface area (Å²) in [5, 5.41) is 4.05. The molecule has 0 spiro atoms. The molecule has 1 aromatic rings. The first-order chi connectivity index (χ1) is 7.25. The van der Waals surface area contributed by atoms with E-state index in [0.717, 1.165) is 31.7 Å². The van der Waals surface area contributed by atoms with Gasteiger partial charge in [-0.1, -0.05) is 17.7 Å². The van der Waals surface area contributed by atoms with Crippen molar-refractivity contribution >= 4 is 11.6 Å². The van der Waals surface area contributed by atoms with Crippen LogP contribution in [0.5, 0.6) is 0 Å². The van der Waals surface area contributed by atoms with Gasteiger partial charge in [-0.2, -0.15) is 0 Å². The first-order valence-corrected chi connectivity index (χ1v) is 5.68. The first-order valence-electron chi connectivity index (χ1n) is 5.31. The molecule has 1 aromatic heterocycles. The minimum atomic E-state index is 0.564. The number of rotatable bonds is 2. The number of pyridine rings is 1. The van der Waals surface area contributed by atoms with E-state index in [-0.39, 0.29) is 0 Å². The molecule has 0 bridgehead atoms. The predicted octanol–water partition coefficient (Wildman–Crippen LogP) is 1.53. The molecule has 2 heterocycles. The van der Waals surface area contributed by atoms with Gasteiger partial charge < -0.3 is 5.32 Å². The molecular weight excluding hydrogens is 210 g/mol. The smallest absolute Gasteiger partial charge is 0.133 e. The molecule has 1 aliphatic heterocycles. The van der Waals surface area contributed by atoms with Crippen molar-refractivity contribution in [2.24, 2.45) is 0 Å². The third kappa shape index (κ3) is 2.91. The van der Waals surface area contributed by atoms with Crippen molar-refractivity contribution in [3.8, 4) is 0 Å². The Morgan fingerprint density at radius 1 is 1.67 bits per heavy atom. The lowest BCUT2D eigenvalue weighted by Crippen LogP contribution is -2.48. The second-order valence-corrected chi connectivity index (χ2v) is 4.40. The van der Waals surface area contributed by atoms with E-state index in [1.54, 1.807) is 6.20 Å². The molecular formula is C11H16ClN3. The van der Waals surface area contributed by atoms with Crippen LogP contribution in [-0.2, 0) is 6.54 Å². The Morgan fingerprint density at radius 2 is 2.53 bits per heavy atom. The highest BCUT2D eigenvalue weighted by Gasteiger charge is 2.16. The van der Waals surface area contributed by atoms with Gasteiger partial charge in [0.1, 0.15) is 5.15 Å². The Balaban J connectivity index is 1.99. The molecule has 0 unspecified atom stereocenters. The average Bonchev–Trinajstić information content (AvgIpc) is 2.22. The van der Waals surface area contributed by atoms with Crippen LogP contribution in [0, 0.1) is 0 Å². The highest BCUT2D eigenvalue weighted by Crippen LogP contribution is 2.14. The van der Waals surface area contributed by atoms with Crippen molar-refractivity contribution in [3.63, 3.8) is 0 Å². The topological polar surface area (TPSA) is 28.2 Å². The summed E-state index contributed by atoms with van der Waals surface area (Å²) < 4.78 is 0. The fourth-order valence-corrected chi connectivity index (χ4v) is 2.11. The van der Waals surface area contributed by atoms with Gasteiger partial charge in [-0.3, -0.25) is 4.90 Å². The zero-order valence-electron chi connectivity index (χ0n) is 8.91. The van der Waals surface area contributed by atoms with E-state index in [4.69, 9.17) is 11.6 Å². The van der Waals surface area contributed by atoms with Crippen LogP contribution >= 0.6 is 11.6 Å². The van der Waals surface area contributed by atoms with Gasteiger partial charge in [0.15, 0.2) is 0 Å². The van der Waals surface area contributed by atoms with E-state index >= 15 is 0 Å². The largest absolute Gasteiger partial charge is 0.312 e. The van der Waals surface area contributed by atoms with Gasteiger partial charge >= 0.3 is 0 Å². The second kappa shape index (κ2) is 4.92. The third-order valence-electron chi connectivity index (χ3n) is 2.68. The van der Waals surface area contributed by atoms with Gasteiger partial charge in [0, 0.05) is 44.0 Å². The molecule has 0 radical (unpaired) electrons. The van der Waals surface area contributed by atoms with Gasteiger partial charge in [-0.25, -0.2) is 4.98 Å². The average molecular weight is 226 g/mol. The van der Waals surface area contributed by atoms with E-state index in [0.29, 0.717) is 11.2 Å². The number of piperazine rings is 1. The number of nitrogens with one attached hydrogen (secondary N) is 1. The Labute approximate surface area is 95.4 Å². The lowest BCUT2D eigenvalue weighted by atomic mass is 10.2. The zero-order valence-corrected chi connectivity index (χ0v) is 9.67. The van der Waals surface area contributed by atoms with E-state index in [2.05, 4.69) is 22.1 Å². The van der Waals surface area contributed by atoms with Crippen LogP contribution < -0.4 is 5.32 Å². The maximum Gasteiger partial charge on any atom is 0.133 e. The number of hydrogen-bond donors (Lipinski definition) is 1. The quantitative estimate of drug-likeness (QED) is 0.774. The third-order valence-corrected chi connectivity index (χ3v) is 3.02. The first kappa shape index (κ1) is 10.9. The summed E-state index contributed by atoms with van der Waals surface area (Å²) in [6, 6.07) is 4.55. The van der Waals surface area contributed by atoms with E-state index in [9.17, 15) is 0 Å². The van der Waals surface area contributed by atoms with Crippen molar-refractivity contribution in [2.45, 2.75) is 19.5 Å². The molecule has 1 aliphatic rings. The van der Waals surface area contributed by atoms with Crippen molar-refractivity contribution in [1.82, 2.24) is 15.2 Å². The minimum absolute atomic E-state index is 0.564. The number of hydrogen-bond acceptors (Lipinski definition) is 3. The Kier molecular flexibility index (Phi) is 3.57. The van der Waals surface area contributed by atoms with Crippen LogP contribution in [0.15, 0.2) is 18.3 Å². The van der Waals surface area contributed by atoms with Crippen LogP contribution in [0.2, 0.25) is 5.15 Å². The highest BCUT2D eigenvalue weighted by atomic mass is 35.5. The second-order valence-electron chi connectivity index (χ2n) is 4.04. The van der Waals surface area contributed by atoms with Crippen LogP contribution in [0.4, 0.5) is 0 Å². The van der Waals surface area contributed by atoms with Crippen LogP contribution in [0.25, 0.3) is 0 Å². The highest BCUT2D eigenvalue weighted by molar-refractivity contribution is 6.30. The fourth-order valence-electron chi connectivity index (χ4n) is 1.93. The Morgan fingerprint density at radius 3 is 3.27 bits per heavy atom. The number of aromatic nitrogens is 1. The van der Waals surface area contributed by atoms with Crippen LogP contribution in [0.3, 0.4) is 0 Å². The van der Waals surface area contributed by atoms with Crippen molar-refractivity contribution in [3.05, 3.63) is 29.0 Å². The van der Waals surface area contributed by atoms with Crippen molar-refractivity contribution < 1.29 is 0 Å². The summed E-state index contributed by atoms with van der Waals surface area (Å²) in [7, 11) is 0. The van der Waals surface area contributed by atoms with E-state index in [1.807, 2.05) is 12.1 Å². The molecule has 4 heteroatoms. The SMILES string of the molecule is C[C@@H]1CN(Cc2cccnc2Cl)CCN1. The molecule has 0 aromatic carbocycles. The van der Waals surface area contributed by atoms with E-state index in [1.165, 1.54) is 0 Å². The molecule has 3 nitrogen and oxygen atoms in total. The van der Waals surface area contributed by atoms with Gasteiger partial charge in [0.2, 0.25) is 0 Å². The minimum Gasteiger partial charge on any atom is -0.312 e. The summed E-state index contributed by atoms with van der Waals surface area (Å²) in [6.45, 7) is 6.32. The Bertz CT molecular complexity index is 329. The lowest BCUT2D eigenvalue weighted by Gasteiger charge is -2.31. The van der Waals surface area contributed by atoms with Crippen molar-refractivity contribution in [1.29, 1.82) is 0 Å². The molecule has 1 N–H and O–H groups in total. The maximum absolute atomic E-state index is 6.03. The molecule has 2 rings (SSSR count). The summed E-state index contributed by atoms with van der Waals surface area (Å²) in [4.78, 5) is 6.49. The number of nitrogens with zero attached hydrogens (tertiary/aromatic N) is 2. The molecule has 15 heavy (non-hydrogen) atoms. The van der Waals surface area contributed by atoms with Gasteiger partial charge in [-0.15, -0.1) is 0 Å². The monoisotopic (exact) mass is 225 g/mol. The summed E-state index contributed by atoms with van der Waals surface area (Å²) in [6.07, 6.45) is 1.73. The molecule has 1 saturated heterocycles. The normalized spacial score (nSPS) is 22.9. The van der Waals surface area contributed by atoms with Gasteiger partial charge in [0.05, 0.1) is 0 Å². The van der Waals surface area contributed by atoms with Crippen molar-refractivity contribution in [2.75, 3.05) is 19.6 Å². The summed E-state index contributed by atoms with van der Waals surface area (Å²) in [5.41, 5.74) is 1.12. The van der Waals surface area contributed by atoms with E-state index < -0.39 is 0 Å². The predicted molar refractivity (Wildman–Crippen MR) is 62.0 cm³/mol. The molecule has 82 valence electrons. The fraction of sp³-hybridized carbons (Fsp3) is 0.545. The summed E-state index contributed by atoms with van der Waals surface area (Å²) in [5.74, 6) is 0. The van der Waals surface area contributed by atoms with Crippen LogP contribution in [-0.4, -0.2) is 35.6 Å².